The van der Waals surface area contributed by atoms with Crippen LogP contribution >= 0.6 is 0 Å². The van der Waals surface area contributed by atoms with Gasteiger partial charge in [0.05, 0.1) is 0 Å². The van der Waals surface area contributed by atoms with Crippen molar-refractivity contribution in [3.63, 3.8) is 0 Å². The SMILES string of the molecule is CCC(C)(C(N)c1cc(C)c(C)cc1C)N(C)C. The molecule has 2 N–H and O–H groups in total. The third-order valence-electron chi connectivity index (χ3n) is 4.62. The van der Waals surface area contributed by atoms with Crippen molar-refractivity contribution in [2.45, 2.75) is 52.6 Å². The van der Waals surface area contributed by atoms with Crippen molar-refractivity contribution < 1.29 is 0 Å². The Kier molecular flexibility index (Phi) is 4.57. The standard InChI is InChI=1S/C16H28N2/c1-8-16(5,18(6)7)15(17)14-10-12(3)11(2)9-13(14)4/h9-10,15H,8,17H2,1-7H3. The van der Waals surface area contributed by atoms with Crippen LogP contribution < -0.4 is 5.73 Å². The maximum atomic E-state index is 6.56. The van der Waals surface area contributed by atoms with Crippen LogP contribution in [0.4, 0.5) is 0 Å². The first-order chi connectivity index (χ1) is 8.24. The zero-order chi connectivity index (χ0) is 14.1. The maximum Gasteiger partial charge on any atom is 0.0481 e. The molecule has 0 saturated carbocycles. The molecule has 1 rings (SSSR count). The zero-order valence-corrected chi connectivity index (χ0v) is 13.0. The molecular weight excluding hydrogens is 220 g/mol. The summed E-state index contributed by atoms with van der Waals surface area (Å²) in [4.78, 5) is 2.24. The van der Waals surface area contributed by atoms with Crippen molar-refractivity contribution in [1.29, 1.82) is 0 Å². The minimum atomic E-state index is -0.00748. The monoisotopic (exact) mass is 248 g/mol. The van der Waals surface area contributed by atoms with E-state index in [2.05, 4.69) is 65.7 Å². The van der Waals surface area contributed by atoms with Crippen molar-refractivity contribution >= 4 is 0 Å². The van der Waals surface area contributed by atoms with Crippen LogP contribution in [0.25, 0.3) is 0 Å². The van der Waals surface area contributed by atoms with Crippen LogP contribution in [-0.4, -0.2) is 24.5 Å². The molecule has 0 saturated heterocycles. The summed E-state index contributed by atoms with van der Waals surface area (Å²) in [6, 6.07) is 4.54. The summed E-state index contributed by atoms with van der Waals surface area (Å²) in [6.45, 7) is 10.9. The van der Waals surface area contributed by atoms with Crippen molar-refractivity contribution in [2.75, 3.05) is 14.1 Å². The van der Waals surface area contributed by atoms with Gasteiger partial charge >= 0.3 is 0 Å². The Morgan fingerprint density at radius 1 is 1.11 bits per heavy atom. The molecule has 0 amide bonds. The third-order valence-corrected chi connectivity index (χ3v) is 4.62. The normalized spacial score (nSPS) is 16.7. The third kappa shape index (κ3) is 2.60. The molecule has 0 fully saturated rings. The second-order valence-corrected chi connectivity index (χ2v) is 5.88. The number of hydrogen-bond donors (Lipinski definition) is 1. The van der Waals surface area contributed by atoms with Crippen LogP contribution in [0.15, 0.2) is 12.1 Å². The van der Waals surface area contributed by atoms with Crippen LogP contribution in [0.5, 0.6) is 0 Å². The van der Waals surface area contributed by atoms with Crippen molar-refractivity contribution in [3.05, 3.63) is 34.4 Å². The van der Waals surface area contributed by atoms with Gasteiger partial charge in [-0.1, -0.05) is 19.1 Å². The van der Waals surface area contributed by atoms with Crippen LogP contribution in [-0.2, 0) is 0 Å². The fourth-order valence-corrected chi connectivity index (χ4v) is 2.47. The molecule has 2 heteroatoms. The number of rotatable bonds is 4. The molecule has 0 heterocycles. The van der Waals surface area contributed by atoms with Crippen molar-refractivity contribution in [1.82, 2.24) is 4.90 Å². The molecule has 0 aliphatic rings. The molecule has 1 aromatic carbocycles. The van der Waals surface area contributed by atoms with E-state index in [4.69, 9.17) is 5.73 Å². The van der Waals surface area contributed by atoms with Gasteiger partial charge in [0.15, 0.2) is 0 Å². The van der Waals surface area contributed by atoms with Gasteiger partial charge in [-0.3, -0.25) is 0 Å². The average Bonchev–Trinajstić information content (AvgIpc) is 2.31. The topological polar surface area (TPSA) is 29.3 Å². The molecular formula is C16H28N2. The average molecular weight is 248 g/mol. The molecule has 2 atom stereocenters. The van der Waals surface area contributed by atoms with E-state index in [0.29, 0.717) is 0 Å². The predicted octanol–water partition coefficient (Wildman–Crippen LogP) is 3.34. The van der Waals surface area contributed by atoms with Gasteiger partial charge in [-0.2, -0.15) is 0 Å². The van der Waals surface area contributed by atoms with E-state index in [1.807, 2.05) is 0 Å². The van der Waals surface area contributed by atoms with Gasteiger partial charge in [-0.15, -0.1) is 0 Å². The molecule has 0 radical (unpaired) electrons. The molecule has 0 bridgehead atoms. The summed E-state index contributed by atoms with van der Waals surface area (Å²) in [5, 5.41) is 0. The maximum absolute atomic E-state index is 6.56. The van der Waals surface area contributed by atoms with E-state index < -0.39 is 0 Å². The van der Waals surface area contributed by atoms with Crippen LogP contribution in [0.2, 0.25) is 0 Å². The largest absolute Gasteiger partial charge is 0.322 e. The summed E-state index contributed by atoms with van der Waals surface area (Å²) in [5.41, 5.74) is 11.8. The number of likely N-dealkylation sites (N-methyl/N-ethyl adjacent to an activating group) is 1. The van der Waals surface area contributed by atoms with Gasteiger partial charge in [0, 0.05) is 11.6 Å². The first-order valence-electron chi connectivity index (χ1n) is 6.74. The Morgan fingerprint density at radius 3 is 2.06 bits per heavy atom. The summed E-state index contributed by atoms with van der Waals surface area (Å²) in [7, 11) is 4.22. The fourth-order valence-electron chi connectivity index (χ4n) is 2.47. The number of hydrogen-bond acceptors (Lipinski definition) is 2. The highest BCUT2D eigenvalue weighted by atomic mass is 15.2. The van der Waals surface area contributed by atoms with E-state index in [-0.39, 0.29) is 11.6 Å². The van der Waals surface area contributed by atoms with Gasteiger partial charge in [0.1, 0.15) is 0 Å². The van der Waals surface area contributed by atoms with Gasteiger partial charge in [-0.25, -0.2) is 0 Å². The van der Waals surface area contributed by atoms with Gasteiger partial charge in [0.2, 0.25) is 0 Å². The predicted molar refractivity (Wildman–Crippen MR) is 80.0 cm³/mol. The number of aryl methyl sites for hydroxylation is 3. The molecule has 2 unspecified atom stereocenters. The minimum absolute atomic E-state index is 0.00748. The molecule has 18 heavy (non-hydrogen) atoms. The number of benzene rings is 1. The summed E-state index contributed by atoms with van der Waals surface area (Å²) < 4.78 is 0. The molecule has 0 aromatic heterocycles. The molecule has 0 aliphatic heterocycles. The van der Waals surface area contributed by atoms with E-state index in [1.165, 1.54) is 22.3 Å². The quantitative estimate of drug-likeness (QED) is 0.885. The molecule has 2 nitrogen and oxygen atoms in total. The van der Waals surface area contributed by atoms with Crippen LogP contribution in [0.3, 0.4) is 0 Å². The second kappa shape index (κ2) is 5.41. The summed E-state index contributed by atoms with van der Waals surface area (Å²) >= 11 is 0. The van der Waals surface area contributed by atoms with E-state index >= 15 is 0 Å². The minimum Gasteiger partial charge on any atom is -0.322 e. The second-order valence-electron chi connectivity index (χ2n) is 5.88. The lowest BCUT2D eigenvalue weighted by Crippen LogP contribution is -2.49. The Balaban J connectivity index is 3.25. The molecule has 102 valence electrons. The van der Waals surface area contributed by atoms with Crippen molar-refractivity contribution in [2.24, 2.45) is 5.73 Å². The van der Waals surface area contributed by atoms with E-state index in [0.717, 1.165) is 6.42 Å². The first kappa shape index (κ1) is 15.2. The van der Waals surface area contributed by atoms with Crippen molar-refractivity contribution in [3.8, 4) is 0 Å². The lowest BCUT2D eigenvalue weighted by molar-refractivity contribution is 0.131. The lowest BCUT2D eigenvalue weighted by Gasteiger charge is -2.41. The Labute approximate surface area is 112 Å². The van der Waals surface area contributed by atoms with Crippen LogP contribution in [0, 0.1) is 20.8 Å². The highest BCUT2D eigenvalue weighted by Gasteiger charge is 2.34. The molecule has 1 aromatic rings. The first-order valence-corrected chi connectivity index (χ1v) is 6.74. The Bertz CT molecular complexity index is 423. The van der Waals surface area contributed by atoms with E-state index in [1.54, 1.807) is 0 Å². The number of nitrogens with zero attached hydrogens (tertiary/aromatic N) is 1. The summed E-state index contributed by atoms with van der Waals surface area (Å²) in [6.07, 6.45) is 1.04. The Hall–Kier alpha value is -0.860. The molecule has 0 aliphatic carbocycles. The van der Waals surface area contributed by atoms with Gasteiger partial charge in [-0.05, 0) is 70.5 Å². The zero-order valence-electron chi connectivity index (χ0n) is 13.0. The van der Waals surface area contributed by atoms with Crippen LogP contribution in [0.1, 0.15) is 48.6 Å². The highest BCUT2D eigenvalue weighted by Crippen LogP contribution is 2.33. The fraction of sp³-hybridized carbons (Fsp3) is 0.625. The summed E-state index contributed by atoms with van der Waals surface area (Å²) in [5.74, 6) is 0. The smallest absolute Gasteiger partial charge is 0.0481 e. The molecule has 0 spiro atoms. The number of nitrogens with two attached hydrogens (primary N) is 1. The lowest BCUT2D eigenvalue weighted by atomic mass is 9.81. The highest BCUT2D eigenvalue weighted by molar-refractivity contribution is 5.39. The van der Waals surface area contributed by atoms with Gasteiger partial charge < -0.3 is 10.6 Å². The van der Waals surface area contributed by atoms with Gasteiger partial charge in [0.25, 0.3) is 0 Å². The van der Waals surface area contributed by atoms with E-state index in [9.17, 15) is 0 Å². The Morgan fingerprint density at radius 2 is 1.61 bits per heavy atom.